The van der Waals surface area contributed by atoms with Crippen molar-refractivity contribution in [2.24, 2.45) is 5.92 Å². The Bertz CT molecular complexity index is 187. The highest BCUT2D eigenvalue weighted by Crippen LogP contribution is 2.17. The maximum absolute atomic E-state index is 2.21. The van der Waals surface area contributed by atoms with Crippen LogP contribution in [0.1, 0.15) is 6.92 Å². The van der Waals surface area contributed by atoms with Gasteiger partial charge >= 0.3 is 0 Å². The van der Waals surface area contributed by atoms with Crippen LogP contribution in [0.2, 0.25) is 0 Å². The maximum atomic E-state index is 2.21. The summed E-state index contributed by atoms with van der Waals surface area (Å²) in [6.45, 7) is 2.18. The highest BCUT2D eigenvalue weighted by Gasteiger charge is 1.94. The lowest BCUT2D eigenvalue weighted by Gasteiger charge is -1.93. The second-order valence-electron chi connectivity index (χ2n) is 2.38. The monoisotopic (exact) mass is 152 g/mol. The third-order valence-corrected chi connectivity index (χ3v) is 2.22. The summed E-state index contributed by atoms with van der Waals surface area (Å²) in [5.74, 6) is 0.584. The molecule has 54 valence electrons. The summed E-state index contributed by atoms with van der Waals surface area (Å²) < 4.78 is 0. The van der Waals surface area contributed by atoms with E-state index in [1.54, 1.807) is 11.8 Å². The number of hydrogen-bond acceptors (Lipinski definition) is 1. The van der Waals surface area contributed by atoms with Crippen LogP contribution in [0.25, 0.3) is 0 Å². The topological polar surface area (TPSA) is 0 Å². The molecule has 1 atom stereocenters. The fourth-order valence-corrected chi connectivity index (χ4v) is 1.26. The van der Waals surface area contributed by atoms with Gasteiger partial charge in [-0.05, 0) is 18.2 Å². The molecule has 0 nitrogen and oxygen atoms in total. The molecule has 0 N–H and O–H groups in total. The van der Waals surface area contributed by atoms with Gasteiger partial charge in [-0.15, -0.1) is 11.8 Å². The van der Waals surface area contributed by atoms with Crippen molar-refractivity contribution in [2.75, 3.05) is 6.26 Å². The zero-order valence-corrected chi connectivity index (χ0v) is 7.19. The summed E-state index contributed by atoms with van der Waals surface area (Å²) >= 11 is 1.78. The van der Waals surface area contributed by atoms with Crippen molar-refractivity contribution in [1.82, 2.24) is 0 Å². The van der Waals surface area contributed by atoms with E-state index in [0.717, 1.165) is 0 Å². The predicted octanol–water partition coefficient (Wildman–Crippen LogP) is 3.00. The highest BCUT2D eigenvalue weighted by atomic mass is 32.2. The van der Waals surface area contributed by atoms with E-state index < -0.39 is 0 Å². The average Bonchev–Trinajstić information content (AvgIpc) is 2.14. The van der Waals surface area contributed by atoms with Crippen LogP contribution in [0.5, 0.6) is 0 Å². The number of rotatable bonds is 1. The van der Waals surface area contributed by atoms with Gasteiger partial charge in [0.15, 0.2) is 0 Å². The Morgan fingerprint density at radius 1 is 1.40 bits per heavy atom. The summed E-state index contributed by atoms with van der Waals surface area (Å²) in [6, 6.07) is 0. The second-order valence-corrected chi connectivity index (χ2v) is 3.26. The molecule has 0 bridgehead atoms. The van der Waals surface area contributed by atoms with Crippen molar-refractivity contribution in [3.8, 4) is 0 Å². The standard InChI is InChI=1S/C9H12S/c1-8-4-3-5-9(10-2)7-6-8/h3-8H,1-2H3. The van der Waals surface area contributed by atoms with E-state index in [1.165, 1.54) is 4.91 Å². The molecule has 1 rings (SSSR count). The first-order chi connectivity index (χ1) is 4.83. The maximum Gasteiger partial charge on any atom is 0.00660 e. The summed E-state index contributed by atoms with van der Waals surface area (Å²) in [4.78, 5) is 1.33. The van der Waals surface area contributed by atoms with Gasteiger partial charge in [-0.25, -0.2) is 0 Å². The molecule has 0 aromatic carbocycles. The molecule has 1 aliphatic carbocycles. The molecular weight excluding hydrogens is 140 g/mol. The van der Waals surface area contributed by atoms with Crippen molar-refractivity contribution in [2.45, 2.75) is 6.92 Å². The molecule has 0 fully saturated rings. The summed E-state index contributed by atoms with van der Waals surface area (Å²) in [7, 11) is 0. The van der Waals surface area contributed by atoms with Gasteiger partial charge in [0.1, 0.15) is 0 Å². The molecule has 0 saturated heterocycles. The number of thioether (sulfide) groups is 1. The Labute approximate surface area is 66.7 Å². The number of allylic oxidation sites excluding steroid dienone is 5. The molecule has 0 aromatic heterocycles. The molecule has 1 unspecified atom stereocenters. The molecule has 0 heterocycles. The van der Waals surface area contributed by atoms with Crippen LogP contribution >= 0.6 is 11.8 Å². The van der Waals surface area contributed by atoms with E-state index in [-0.39, 0.29) is 0 Å². The molecule has 0 saturated carbocycles. The first-order valence-corrected chi connectivity index (χ1v) is 4.66. The molecule has 0 aliphatic heterocycles. The Hall–Kier alpha value is -0.430. The van der Waals surface area contributed by atoms with Crippen molar-refractivity contribution in [3.05, 3.63) is 35.3 Å². The lowest BCUT2D eigenvalue weighted by atomic mass is 10.2. The molecule has 1 aliphatic rings. The minimum atomic E-state index is 0.584. The van der Waals surface area contributed by atoms with Crippen LogP contribution in [0.4, 0.5) is 0 Å². The molecule has 0 amide bonds. The van der Waals surface area contributed by atoms with Crippen LogP contribution in [0.3, 0.4) is 0 Å². The smallest absolute Gasteiger partial charge is 0.00660 e. The highest BCUT2D eigenvalue weighted by molar-refractivity contribution is 8.02. The summed E-state index contributed by atoms with van der Waals surface area (Å²) in [6.07, 6.45) is 12.9. The predicted molar refractivity (Wildman–Crippen MR) is 49.0 cm³/mol. The SMILES string of the molecule is CSC1=CC=CC(C)C=C1. The molecule has 10 heavy (non-hydrogen) atoms. The number of hydrogen-bond donors (Lipinski definition) is 0. The van der Waals surface area contributed by atoms with Crippen molar-refractivity contribution >= 4 is 11.8 Å². The molecule has 0 aromatic rings. The third kappa shape index (κ3) is 2.07. The van der Waals surface area contributed by atoms with E-state index in [9.17, 15) is 0 Å². The molecule has 0 spiro atoms. The zero-order chi connectivity index (χ0) is 7.40. The van der Waals surface area contributed by atoms with Crippen molar-refractivity contribution in [1.29, 1.82) is 0 Å². The largest absolute Gasteiger partial charge is 0.130 e. The fourth-order valence-electron chi connectivity index (χ4n) is 0.828. The van der Waals surface area contributed by atoms with E-state index in [0.29, 0.717) is 5.92 Å². The van der Waals surface area contributed by atoms with Gasteiger partial charge in [-0.3, -0.25) is 0 Å². The third-order valence-electron chi connectivity index (χ3n) is 1.47. The van der Waals surface area contributed by atoms with E-state index in [4.69, 9.17) is 0 Å². The van der Waals surface area contributed by atoms with E-state index >= 15 is 0 Å². The lowest BCUT2D eigenvalue weighted by Crippen LogP contribution is -1.78. The summed E-state index contributed by atoms with van der Waals surface area (Å²) in [5.41, 5.74) is 0. The molecular formula is C9H12S. The van der Waals surface area contributed by atoms with Crippen LogP contribution in [0, 0.1) is 5.92 Å². The van der Waals surface area contributed by atoms with Gasteiger partial charge in [0, 0.05) is 4.91 Å². The van der Waals surface area contributed by atoms with Gasteiger partial charge in [0.2, 0.25) is 0 Å². The Balaban J connectivity index is 2.71. The average molecular weight is 152 g/mol. The molecule has 0 radical (unpaired) electrons. The van der Waals surface area contributed by atoms with E-state index in [2.05, 4.69) is 43.6 Å². The van der Waals surface area contributed by atoms with Gasteiger partial charge in [-0.2, -0.15) is 0 Å². The van der Waals surface area contributed by atoms with E-state index in [1.807, 2.05) is 0 Å². The first kappa shape index (κ1) is 7.67. The van der Waals surface area contributed by atoms with Gasteiger partial charge < -0.3 is 0 Å². The zero-order valence-electron chi connectivity index (χ0n) is 6.37. The first-order valence-electron chi connectivity index (χ1n) is 3.43. The van der Waals surface area contributed by atoms with Crippen molar-refractivity contribution < 1.29 is 0 Å². The van der Waals surface area contributed by atoms with Crippen LogP contribution < -0.4 is 0 Å². The Morgan fingerprint density at radius 2 is 2.20 bits per heavy atom. The minimum Gasteiger partial charge on any atom is -0.130 e. The Morgan fingerprint density at radius 3 is 2.90 bits per heavy atom. The van der Waals surface area contributed by atoms with Gasteiger partial charge in [0.05, 0.1) is 0 Å². The van der Waals surface area contributed by atoms with Crippen LogP contribution in [0.15, 0.2) is 35.3 Å². The quantitative estimate of drug-likeness (QED) is 0.556. The summed E-state index contributed by atoms with van der Waals surface area (Å²) in [5, 5.41) is 0. The van der Waals surface area contributed by atoms with Crippen LogP contribution in [-0.4, -0.2) is 6.26 Å². The minimum absolute atomic E-state index is 0.584. The molecule has 1 heteroatoms. The lowest BCUT2D eigenvalue weighted by molar-refractivity contribution is 0.942. The van der Waals surface area contributed by atoms with Crippen molar-refractivity contribution in [3.63, 3.8) is 0 Å². The Kier molecular flexibility index (Phi) is 2.82. The fraction of sp³-hybridized carbons (Fsp3) is 0.333. The normalized spacial score (nSPS) is 24.2. The van der Waals surface area contributed by atoms with Gasteiger partial charge in [0.25, 0.3) is 0 Å². The second kappa shape index (κ2) is 3.67. The van der Waals surface area contributed by atoms with Gasteiger partial charge in [-0.1, -0.05) is 31.2 Å². The van der Waals surface area contributed by atoms with Crippen LogP contribution in [-0.2, 0) is 0 Å².